The lowest BCUT2D eigenvalue weighted by atomic mass is 9.80. The largest absolute Gasteiger partial charge is 0.330 e. The van der Waals surface area contributed by atoms with Gasteiger partial charge in [0.05, 0.1) is 15.9 Å². The zero-order chi connectivity index (χ0) is 14.0. The Bertz CT molecular complexity index is 441. The zero-order valence-electron chi connectivity index (χ0n) is 12.4. The molecule has 19 heavy (non-hydrogen) atoms. The fourth-order valence-corrected chi connectivity index (χ4v) is 3.91. The molecule has 1 saturated carbocycles. The van der Waals surface area contributed by atoms with E-state index in [4.69, 9.17) is 5.73 Å². The monoisotopic (exact) mass is 327 g/mol. The van der Waals surface area contributed by atoms with Crippen LogP contribution in [0.3, 0.4) is 0 Å². The predicted molar refractivity (Wildman–Crippen MR) is 83.2 cm³/mol. The molecule has 108 valence electrons. The maximum atomic E-state index is 6.14. The minimum atomic E-state index is 0.294. The highest BCUT2D eigenvalue weighted by atomic mass is 79.9. The highest BCUT2D eigenvalue weighted by Crippen LogP contribution is 2.45. The van der Waals surface area contributed by atoms with E-state index in [2.05, 4.69) is 46.5 Å². The molecule has 2 rings (SSSR count). The molecule has 1 aromatic rings. The van der Waals surface area contributed by atoms with Gasteiger partial charge in [0, 0.05) is 6.54 Å². The van der Waals surface area contributed by atoms with E-state index in [-0.39, 0.29) is 0 Å². The Kier molecular flexibility index (Phi) is 4.72. The number of rotatable bonds is 5. The Morgan fingerprint density at radius 1 is 1.47 bits per heavy atom. The Morgan fingerprint density at radius 2 is 2.21 bits per heavy atom. The number of hydrogen-bond acceptors (Lipinski definition) is 2. The van der Waals surface area contributed by atoms with Crippen molar-refractivity contribution in [3.05, 3.63) is 15.9 Å². The third-order valence-electron chi connectivity index (χ3n) is 4.81. The lowest BCUT2D eigenvalue weighted by Crippen LogP contribution is -2.31. The van der Waals surface area contributed by atoms with Crippen molar-refractivity contribution in [1.82, 2.24) is 9.78 Å². The van der Waals surface area contributed by atoms with Gasteiger partial charge in [0.15, 0.2) is 0 Å². The summed E-state index contributed by atoms with van der Waals surface area (Å²) in [4.78, 5) is 0. The Morgan fingerprint density at radius 3 is 2.74 bits per heavy atom. The summed E-state index contributed by atoms with van der Waals surface area (Å²) in [5, 5.41) is 4.60. The first-order chi connectivity index (χ1) is 9.05. The number of nitrogens with zero attached hydrogens (tertiary/aromatic N) is 2. The van der Waals surface area contributed by atoms with Crippen LogP contribution >= 0.6 is 15.9 Å². The molecule has 0 amide bonds. The van der Waals surface area contributed by atoms with Crippen molar-refractivity contribution in [3.63, 3.8) is 0 Å². The summed E-state index contributed by atoms with van der Waals surface area (Å²) in [5.41, 5.74) is 8.86. The van der Waals surface area contributed by atoms with Gasteiger partial charge in [0.2, 0.25) is 0 Å². The van der Waals surface area contributed by atoms with Gasteiger partial charge in [-0.15, -0.1) is 0 Å². The highest BCUT2D eigenvalue weighted by molar-refractivity contribution is 9.10. The second kappa shape index (κ2) is 5.96. The summed E-state index contributed by atoms with van der Waals surface area (Å²) in [6.45, 7) is 8.25. The summed E-state index contributed by atoms with van der Waals surface area (Å²) in [7, 11) is 0. The van der Waals surface area contributed by atoms with E-state index in [1.165, 1.54) is 35.8 Å². The van der Waals surface area contributed by atoms with E-state index in [9.17, 15) is 0 Å². The molecule has 2 N–H and O–H groups in total. The smallest absolute Gasteiger partial charge is 0.0738 e. The molecule has 0 saturated heterocycles. The van der Waals surface area contributed by atoms with Crippen LogP contribution in [0.1, 0.15) is 50.9 Å². The summed E-state index contributed by atoms with van der Waals surface area (Å²) < 4.78 is 3.32. The second-order valence-electron chi connectivity index (χ2n) is 6.06. The van der Waals surface area contributed by atoms with Crippen LogP contribution in [0.25, 0.3) is 0 Å². The summed E-state index contributed by atoms with van der Waals surface area (Å²) in [6, 6.07) is 0. The van der Waals surface area contributed by atoms with Gasteiger partial charge in [-0.2, -0.15) is 5.10 Å². The van der Waals surface area contributed by atoms with Crippen molar-refractivity contribution >= 4 is 15.9 Å². The molecule has 1 aliphatic rings. The van der Waals surface area contributed by atoms with Crippen LogP contribution in [0.2, 0.25) is 0 Å². The van der Waals surface area contributed by atoms with Crippen LogP contribution in [0.4, 0.5) is 0 Å². The first-order valence-electron chi connectivity index (χ1n) is 7.47. The molecule has 0 aromatic carbocycles. The lowest BCUT2D eigenvalue weighted by molar-refractivity contribution is 0.282. The molecule has 1 fully saturated rings. The molecular weight excluding hydrogens is 302 g/mol. The third-order valence-corrected chi connectivity index (χ3v) is 5.84. The van der Waals surface area contributed by atoms with Crippen LogP contribution in [-0.4, -0.2) is 16.3 Å². The van der Waals surface area contributed by atoms with Gasteiger partial charge >= 0.3 is 0 Å². The number of hydrogen-bond donors (Lipinski definition) is 1. The molecule has 0 aliphatic heterocycles. The Balaban J connectivity index is 2.24. The molecular formula is C15H26BrN3. The first-order valence-corrected chi connectivity index (χ1v) is 8.26. The van der Waals surface area contributed by atoms with E-state index in [1.807, 2.05) is 0 Å². The van der Waals surface area contributed by atoms with Crippen LogP contribution in [0.15, 0.2) is 4.47 Å². The van der Waals surface area contributed by atoms with Crippen molar-refractivity contribution < 1.29 is 0 Å². The van der Waals surface area contributed by atoms with Crippen molar-refractivity contribution in [1.29, 1.82) is 0 Å². The molecule has 3 nitrogen and oxygen atoms in total. The molecule has 0 spiro atoms. The molecule has 0 bridgehead atoms. The molecule has 4 heteroatoms. The minimum Gasteiger partial charge on any atom is -0.330 e. The summed E-state index contributed by atoms with van der Waals surface area (Å²) >= 11 is 3.71. The molecule has 2 atom stereocenters. The molecule has 1 aliphatic carbocycles. The van der Waals surface area contributed by atoms with Crippen LogP contribution in [-0.2, 0) is 13.0 Å². The van der Waals surface area contributed by atoms with E-state index in [0.717, 1.165) is 31.1 Å². The number of nitrogens with two attached hydrogens (primary N) is 1. The van der Waals surface area contributed by atoms with Gasteiger partial charge in [-0.1, -0.05) is 13.3 Å². The van der Waals surface area contributed by atoms with Crippen molar-refractivity contribution in [3.8, 4) is 0 Å². The van der Waals surface area contributed by atoms with Gasteiger partial charge in [-0.05, 0) is 73.3 Å². The average Bonchev–Trinajstić information content (AvgIpc) is 2.96. The first kappa shape index (κ1) is 15.0. The van der Waals surface area contributed by atoms with Crippen LogP contribution in [0, 0.1) is 18.3 Å². The zero-order valence-corrected chi connectivity index (χ0v) is 14.0. The van der Waals surface area contributed by atoms with Crippen molar-refractivity contribution in [2.75, 3.05) is 6.54 Å². The van der Waals surface area contributed by atoms with E-state index >= 15 is 0 Å². The summed E-state index contributed by atoms with van der Waals surface area (Å²) in [6.07, 6.45) is 6.23. The van der Waals surface area contributed by atoms with E-state index < -0.39 is 0 Å². The van der Waals surface area contributed by atoms with E-state index in [1.54, 1.807) is 0 Å². The second-order valence-corrected chi connectivity index (χ2v) is 6.85. The van der Waals surface area contributed by atoms with Gasteiger partial charge in [-0.3, -0.25) is 4.68 Å². The quantitative estimate of drug-likeness (QED) is 0.896. The highest BCUT2D eigenvalue weighted by Gasteiger charge is 2.38. The average molecular weight is 328 g/mol. The van der Waals surface area contributed by atoms with Crippen LogP contribution < -0.4 is 5.73 Å². The van der Waals surface area contributed by atoms with Crippen molar-refractivity contribution in [2.24, 2.45) is 17.1 Å². The van der Waals surface area contributed by atoms with E-state index in [0.29, 0.717) is 5.41 Å². The van der Waals surface area contributed by atoms with Gasteiger partial charge in [0.25, 0.3) is 0 Å². The fraction of sp³-hybridized carbons (Fsp3) is 0.800. The molecule has 1 aromatic heterocycles. The minimum absolute atomic E-state index is 0.294. The van der Waals surface area contributed by atoms with Crippen molar-refractivity contribution in [2.45, 2.75) is 59.4 Å². The number of aromatic nitrogens is 2. The van der Waals surface area contributed by atoms with Gasteiger partial charge in [-0.25, -0.2) is 0 Å². The number of halogens is 1. The summed E-state index contributed by atoms with van der Waals surface area (Å²) in [5.74, 6) is 0.862. The fourth-order valence-electron chi connectivity index (χ4n) is 3.49. The predicted octanol–water partition coefficient (Wildman–Crippen LogP) is 3.67. The van der Waals surface area contributed by atoms with Crippen LogP contribution in [0.5, 0.6) is 0 Å². The molecule has 2 unspecified atom stereocenters. The topological polar surface area (TPSA) is 43.8 Å². The SMILES string of the molecule is CCC1CCC(CN)(Cc2c(Br)c(C)nn2CC)C1. The Labute approximate surface area is 125 Å². The lowest BCUT2D eigenvalue weighted by Gasteiger charge is -2.28. The molecule has 0 radical (unpaired) electrons. The standard InChI is InChI=1S/C15H26BrN3/c1-4-12-6-7-15(8-12,10-17)9-13-14(16)11(3)18-19(13)5-2/h12H,4-10,17H2,1-3H3. The maximum absolute atomic E-state index is 6.14. The third kappa shape index (κ3) is 2.89. The normalized spacial score (nSPS) is 27.1. The maximum Gasteiger partial charge on any atom is 0.0738 e. The number of aryl methyl sites for hydroxylation is 2. The Hall–Kier alpha value is -0.350. The molecule has 1 heterocycles. The van der Waals surface area contributed by atoms with Gasteiger partial charge in [0.1, 0.15) is 0 Å². The van der Waals surface area contributed by atoms with Gasteiger partial charge < -0.3 is 5.73 Å².